The van der Waals surface area contributed by atoms with Crippen molar-refractivity contribution in [2.45, 2.75) is 6.54 Å². The summed E-state index contributed by atoms with van der Waals surface area (Å²) in [6.45, 7) is 0.487. The van der Waals surface area contributed by atoms with Crippen LogP contribution in [0.5, 0.6) is 5.75 Å². The summed E-state index contributed by atoms with van der Waals surface area (Å²) in [4.78, 5) is 0. The summed E-state index contributed by atoms with van der Waals surface area (Å²) in [6.07, 6.45) is 0. The van der Waals surface area contributed by atoms with Crippen LogP contribution in [0.4, 0.5) is 4.39 Å². The molecule has 2 rings (SSSR count). The van der Waals surface area contributed by atoms with Crippen molar-refractivity contribution in [3.63, 3.8) is 0 Å². The van der Waals surface area contributed by atoms with E-state index in [4.69, 9.17) is 10.5 Å². The standard InChI is InChI=1S/C14H14FNO.ClH/c1-17-13-4-2-3-12(14(13)15)11-7-5-10(9-16)6-8-11;/h2-8H,9,16H2,1H3;1H. The van der Waals surface area contributed by atoms with E-state index in [2.05, 4.69) is 0 Å². The molecular formula is C14H15ClFNO. The first kappa shape index (κ1) is 14.5. The summed E-state index contributed by atoms with van der Waals surface area (Å²) < 4.78 is 18.9. The Morgan fingerprint density at radius 3 is 2.33 bits per heavy atom. The second-order valence-corrected chi connectivity index (χ2v) is 3.72. The van der Waals surface area contributed by atoms with Crippen molar-refractivity contribution in [3.05, 3.63) is 53.8 Å². The molecule has 0 unspecified atom stereocenters. The Hall–Kier alpha value is -1.58. The number of hydrogen-bond donors (Lipinski definition) is 1. The molecule has 2 aromatic rings. The van der Waals surface area contributed by atoms with Gasteiger partial charge in [0.05, 0.1) is 7.11 Å². The predicted octanol–water partition coefficient (Wildman–Crippen LogP) is 3.38. The summed E-state index contributed by atoms with van der Waals surface area (Å²) in [6, 6.07) is 12.6. The number of halogens is 2. The molecular weight excluding hydrogens is 253 g/mol. The van der Waals surface area contributed by atoms with Crippen molar-refractivity contribution in [2.75, 3.05) is 7.11 Å². The Morgan fingerprint density at radius 1 is 1.11 bits per heavy atom. The highest BCUT2D eigenvalue weighted by Crippen LogP contribution is 2.28. The van der Waals surface area contributed by atoms with Gasteiger partial charge in [0.1, 0.15) is 0 Å². The van der Waals surface area contributed by atoms with E-state index in [1.165, 1.54) is 7.11 Å². The molecule has 4 heteroatoms. The summed E-state index contributed by atoms with van der Waals surface area (Å²) in [5.74, 6) is -0.0825. The fourth-order valence-electron chi connectivity index (χ4n) is 1.71. The lowest BCUT2D eigenvalue weighted by molar-refractivity contribution is 0.387. The molecule has 96 valence electrons. The highest BCUT2D eigenvalue weighted by atomic mass is 35.5. The van der Waals surface area contributed by atoms with Crippen LogP contribution in [0.2, 0.25) is 0 Å². The quantitative estimate of drug-likeness (QED) is 0.925. The number of rotatable bonds is 3. The van der Waals surface area contributed by atoms with Crippen LogP contribution in [-0.2, 0) is 6.54 Å². The number of methoxy groups -OCH3 is 1. The van der Waals surface area contributed by atoms with Crippen molar-refractivity contribution >= 4 is 12.4 Å². The Balaban J connectivity index is 0.00000162. The normalized spacial score (nSPS) is 9.72. The minimum atomic E-state index is -0.338. The average Bonchev–Trinajstić information content (AvgIpc) is 2.39. The number of nitrogens with two attached hydrogens (primary N) is 1. The fraction of sp³-hybridized carbons (Fsp3) is 0.143. The Labute approximate surface area is 112 Å². The Kier molecular flexibility index (Phi) is 5.13. The number of hydrogen-bond acceptors (Lipinski definition) is 2. The maximum absolute atomic E-state index is 14.0. The van der Waals surface area contributed by atoms with E-state index in [0.29, 0.717) is 12.1 Å². The average molecular weight is 268 g/mol. The monoisotopic (exact) mass is 267 g/mol. The largest absolute Gasteiger partial charge is 0.494 e. The third-order valence-electron chi connectivity index (χ3n) is 2.68. The first-order valence-electron chi connectivity index (χ1n) is 5.38. The highest BCUT2D eigenvalue weighted by molar-refractivity contribution is 5.85. The van der Waals surface area contributed by atoms with Gasteiger partial charge >= 0.3 is 0 Å². The van der Waals surface area contributed by atoms with E-state index in [-0.39, 0.29) is 24.0 Å². The van der Waals surface area contributed by atoms with Crippen LogP contribution >= 0.6 is 12.4 Å². The lowest BCUT2D eigenvalue weighted by Crippen LogP contribution is -1.96. The summed E-state index contributed by atoms with van der Waals surface area (Å²) in [5, 5.41) is 0. The van der Waals surface area contributed by atoms with Gasteiger partial charge in [-0.3, -0.25) is 0 Å². The van der Waals surface area contributed by atoms with E-state index in [1.54, 1.807) is 18.2 Å². The van der Waals surface area contributed by atoms with Crippen molar-refractivity contribution < 1.29 is 9.13 Å². The molecule has 0 spiro atoms. The second-order valence-electron chi connectivity index (χ2n) is 3.72. The smallest absolute Gasteiger partial charge is 0.172 e. The molecule has 0 heterocycles. The van der Waals surface area contributed by atoms with E-state index < -0.39 is 0 Å². The van der Waals surface area contributed by atoms with E-state index in [9.17, 15) is 4.39 Å². The van der Waals surface area contributed by atoms with Crippen molar-refractivity contribution in [1.82, 2.24) is 0 Å². The molecule has 0 fully saturated rings. The van der Waals surface area contributed by atoms with Gasteiger partial charge in [-0.1, -0.05) is 36.4 Å². The van der Waals surface area contributed by atoms with Crippen LogP contribution in [-0.4, -0.2) is 7.11 Å². The molecule has 0 atom stereocenters. The maximum Gasteiger partial charge on any atom is 0.172 e. The number of ether oxygens (including phenoxy) is 1. The first-order chi connectivity index (χ1) is 8.26. The van der Waals surface area contributed by atoms with E-state index in [0.717, 1.165) is 11.1 Å². The summed E-state index contributed by atoms with van der Waals surface area (Å²) >= 11 is 0. The van der Waals surface area contributed by atoms with E-state index in [1.807, 2.05) is 24.3 Å². The SMILES string of the molecule is COc1cccc(-c2ccc(CN)cc2)c1F.Cl. The molecule has 0 aliphatic rings. The third-order valence-corrected chi connectivity index (χ3v) is 2.68. The van der Waals surface area contributed by atoms with Gasteiger partial charge in [-0.2, -0.15) is 0 Å². The van der Waals surface area contributed by atoms with Crippen LogP contribution in [0.25, 0.3) is 11.1 Å². The zero-order valence-corrected chi connectivity index (χ0v) is 10.8. The highest BCUT2D eigenvalue weighted by Gasteiger charge is 2.09. The van der Waals surface area contributed by atoms with Gasteiger partial charge < -0.3 is 10.5 Å². The molecule has 0 aliphatic carbocycles. The van der Waals surface area contributed by atoms with Gasteiger partial charge in [0, 0.05) is 12.1 Å². The van der Waals surface area contributed by atoms with Crippen molar-refractivity contribution in [1.29, 1.82) is 0 Å². The van der Waals surface area contributed by atoms with Gasteiger partial charge in [0.25, 0.3) is 0 Å². The summed E-state index contributed by atoms with van der Waals surface area (Å²) in [5.41, 5.74) is 7.90. The zero-order chi connectivity index (χ0) is 12.3. The van der Waals surface area contributed by atoms with Crippen molar-refractivity contribution in [3.8, 4) is 16.9 Å². The summed E-state index contributed by atoms with van der Waals surface area (Å²) in [7, 11) is 1.46. The lowest BCUT2D eigenvalue weighted by atomic mass is 10.0. The molecule has 0 saturated carbocycles. The number of benzene rings is 2. The molecule has 2 nitrogen and oxygen atoms in total. The van der Waals surface area contributed by atoms with Crippen LogP contribution < -0.4 is 10.5 Å². The first-order valence-corrected chi connectivity index (χ1v) is 5.38. The third kappa shape index (κ3) is 2.81. The zero-order valence-electron chi connectivity index (χ0n) is 10.0. The molecule has 0 bridgehead atoms. The van der Waals surface area contributed by atoms with Crippen molar-refractivity contribution in [2.24, 2.45) is 5.73 Å². The second kappa shape index (κ2) is 6.38. The van der Waals surface area contributed by atoms with Crippen LogP contribution in [0.1, 0.15) is 5.56 Å². The van der Waals surface area contributed by atoms with Gasteiger partial charge in [0.15, 0.2) is 11.6 Å². The Bertz CT molecular complexity index is 514. The predicted molar refractivity (Wildman–Crippen MR) is 73.5 cm³/mol. The maximum atomic E-state index is 14.0. The molecule has 0 aromatic heterocycles. The molecule has 0 radical (unpaired) electrons. The fourth-order valence-corrected chi connectivity index (χ4v) is 1.71. The van der Waals surface area contributed by atoms with Crippen LogP contribution in [0, 0.1) is 5.82 Å². The molecule has 2 aromatic carbocycles. The molecule has 2 N–H and O–H groups in total. The Morgan fingerprint density at radius 2 is 1.78 bits per heavy atom. The molecule has 0 aliphatic heterocycles. The van der Waals surface area contributed by atoms with Crippen LogP contribution in [0.3, 0.4) is 0 Å². The molecule has 18 heavy (non-hydrogen) atoms. The lowest BCUT2D eigenvalue weighted by Gasteiger charge is -2.08. The molecule has 0 amide bonds. The van der Waals surface area contributed by atoms with E-state index >= 15 is 0 Å². The minimum absolute atomic E-state index is 0. The van der Waals surface area contributed by atoms with Gasteiger partial charge in [0.2, 0.25) is 0 Å². The van der Waals surface area contributed by atoms with Gasteiger partial charge in [-0.05, 0) is 17.2 Å². The molecule has 0 saturated heterocycles. The topological polar surface area (TPSA) is 35.2 Å². The van der Waals surface area contributed by atoms with Crippen LogP contribution in [0.15, 0.2) is 42.5 Å². The van der Waals surface area contributed by atoms with Gasteiger partial charge in [-0.25, -0.2) is 4.39 Å². The minimum Gasteiger partial charge on any atom is -0.494 e. The van der Waals surface area contributed by atoms with Gasteiger partial charge in [-0.15, -0.1) is 12.4 Å².